The summed E-state index contributed by atoms with van der Waals surface area (Å²) in [6.45, 7) is 4.28. The molecule has 0 N–H and O–H groups in total. The van der Waals surface area contributed by atoms with Crippen molar-refractivity contribution >= 4 is 16.6 Å². The Morgan fingerprint density at radius 1 is 1.13 bits per heavy atom. The van der Waals surface area contributed by atoms with Gasteiger partial charge in [-0.3, -0.25) is 0 Å². The molecule has 78 valence electrons. The highest BCUT2D eigenvalue weighted by atomic mass is 15.1. The van der Waals surface area contributed by atoms with Gasteiger partial charge in [0, 0.05) is 25.7 Å². The first-order valence-corrected chi connectivity index (χ1v) is 5.13. The maximum atomic E-state index is 4.47. The number of pyridine rings is 1. The summed E-state index contributed by atoms with van der Waals surface area (Å²) < 4.78 is 0. The molecule has 0 saturated carbocycles. The zero-order valence-electron chi connectivity index (χ0n) is 9.70. The normalized spacial score (nSPS) is 10.7. The summed E-state index contributed by atoms with van der Waals surface area (Å²) in [5.41, 5.74) is 2.58. The average molecular weight is 200 g/mol. The van der Waals surface area contributed by atoms with E-state index in [1.165, 1.54) is 21.9 Å². The smallest absolute Gasteiger partial charge is 0.131 e. The molecule has 0 aliphatic rings. The van der Waals surface area contributed by atoms with E-state index in [4.69, 9.17) is 0 Å². The van der Waals surface area contributed by atoms with Gasteiger partial charge in [0.2, 0.25) is 0 Å². The van der Waals surface area contributed by atoms with E-state index in [0.29, 0.717) is 0 Å². The Labute approximate surface area is 90.6 Å². The second-order valence-corrected chi connectivity index (χ2v) is 4.14. The van der Waals surface area contributed by atoms with E-state index < -0.39 is 0 Å². The van der Waals surface area contributed by atoms with Crippen LogP contribution in [0.1, 0.15) is 11.1 Å². The largest absolute Gasteiger partial charge is 0.363 e. The third-order valence-corrected chi connectivity index (χ3v) is 2.76. The Balaban J connectivity index is 2.83. The van der Waals surface area contributed by atoms with Crippen molar-refractivity contribution in [3.8, 4) is 0 Å². The predicted molar refractivity (Wildman–Crippen MR) is 65.5 cm³/mol. The van der Waals surface area contributed by atoms with Gasteiger partial charge in [0.15, 0.2) is 0 Å². The first kappa shape index (κ1) is 9.97. The lowest BCUT2D eigenvalue weighted by Crippen LogP contribution is -2.12. The van der Waals surface area contributed by atoms with E-state index in [0.717, 1.165) is 5.82 Å². The van der Waals surface area contributed by atoms with Gasteiger partial charge in [-0.05, 0) is 30.4 Å². The molecule has 1 aromatic carbocycles. The summed E-state index contributed by atoms with van der Waals surface area (Å²) in [4.78, 5) is 6.53. The van der Waals surface area contributed by atoms with E-state index in [9.17, 15) is 0 Å². The van der Waals surface area contributed by atoms with Gasteiger partial charge >= 0.3 is 0 Å². The molecular formula is C13H16N2. The lowest BCUT2D eigenvalue weighted by Gasteiger charge is -2.16. The first-order valence-electron chi connectivity index (χ1n) is 5.13. The molecule has 0 spiro atoms. The molecule has 2 aromatic rings. The molecule has 0 saturated heterocycles. The van der Waals surface area contributed by atoms with Crippen molar-refractivity contribution in [2.75, 3.05) is 19.0 Å². The van der Waals surface area contributed by atoms with Crippen LogP contribution in [0.15, 0.2) is 24.4 Å². The Morgan fingerprint density at radius 3 is 2.53 bits per heavy atom. The molecule has 0 radical (unpaired) electrons. The molecule has 0 amide bonds. The monoisotopic (exact) mass is 200 g/mol. The number of anilines is 1. The van der Waals surface area contributed by atoms with Gasteiger partial charge in [0.25, 0.3) is 0 Å². The number of hydrogen-bond donors (Lipinski definition) is 0. The molecule has 0 bridgehead atoms. The van der Waals surface area contributed by atoms with Crippen LogP contribution < -0.4 is 4.90 Å². The van der Waals surface area contributed by atoms with Crippen LogP contribution in [0.3, 0.4) is 0 Å². The maximum absolute atomic E-state index is 4.47. The maximum Gasteiger partial charge on any atom is 0.131 e. The average Bonchev–Trinajstić information content (AvgIpc) is 2.17. The SMILES string of the molecule is Cc1cccc2cnc(N(C)C)c(C)c12. The van der Waals surface area contributed by atoms with Crippen molar-refractivity contribution in [3.63, 3.8) is 0 Å². The Bertz CT molecular complexity index is 501. The minimum atomic E-state index is 1.05. The molecule has 2 nitrogen and oxygen atoms in total. The highest BCUT2D eigenvalue weighted by Crippen LogP contribution is 2.26. The number of aryl methyl sites for hydroxylation is 2. The number of benzene rings is 1. The Morgan fingerprint density at radius 2 is 1.87 bits per heavy atom. The molecule has 2 heteroatoms. The van der Waals surface area contributed by atoms with Gasteiger partial charge in [-0.15, -0.1) is 0 Å². The summed E-state index contributed by atoms with van der Waals surface area (Å²) in [5, 5.41) is 2.55. The molecule has 0 unspecified atom stereocenters. The summed E-state index contributed by atoms with van der Waals surface area (Å²) >= 11 is 0. The highest BCUT2D eigenvalue weighted by molar-refractivity contribution is 5.90. The topological polar surface area (TPSA) is 16.1 Å². The number of nitrogens with zero attached hydrogens (tertiary/aromatic N) is 2. The fraction of sp³-hybridized carbons (Fsp3) is 0.308. The second-order valence-electron chi connectivity index (χ2n) is 4.14. The third kappa shape index (κ3) is 1.56. The Hall–Kier alpha value is -1.57. The zero-order chi connectivity index (χ0) is 11.0. The fourth-order valence-corrected chi connectivity index (χ4v) is 2.10. The molecule has 0 aliphatic heterocycles. The minimum Gasteiger partial charge on any atom is -0.363 e. The zero-order valence-corrected chi connectivity index (χ0v) is 9.70. The van der Waals surface area contributed by atoms with E-state index in [1.807, 2.05) is 20.3 Å². The van der Waals surface area contributed by atoms with E-state index in [2.05, 4.69) is 41.9 Å². The van der Waals surface area contributed by atoms with Gasteiger partial charge in [-0.2, -0.15) is 0 Å². The fourth-order valence-electron chi connectivity index (χ4n) is 2.10. The van der Waals surface area contributed by atoms with Crippen LogP contribution in [0, 0.1) is 13.8 Å². The summed E-state index contributed by atoms with van der Waals surface area (Å²) in [6, 6.07) is 6.34. The van der Waals surface area contributed by atoms with E-state index in [-0.39, 0.29) is 0 Å². The number of rotatable bonds is 1. The summed E-state index contributed by atoms with van der Waals surface area (Å²) in [6.07, 6.45) is 1.95. The number of aromatic nitrogens is 1. The van der Waals surface area contributed by atoms with Gasteiger partial charge in [0.1, 0.15) is 5.82 Å². The molecule has 0 fully saturated rings. The first-order chi connectivity index (χ1) is 7.11. The van der Waals surface area contributed by atoms with Crippen LogP contribution in [0.25, 0.3) is 10.8 Å². The molecule has 0 aliphatic carbocycles. The number of hydrogen-bond acceptors (Lipinski definition) is 2. The predicted octanol–water partition coefficient (Wildman–Crippen LogP) is 2.92. The second kappa shape index (κ2) is 3.54. The molecule has 1 aromatic heterocycles. The molecule has 15 heavy (non-hydrogen) atoms. The molecule has 0 atom stereocenters. The van der Waals surface area contributed by atoms with Gasteiger partial charge in [-0.25, -0.2) is 4.98 Å². The van der Waals surface area contributed by atoms with Crippen molar-refractivity contribution in [3.05, 3.63) is 35.5 Å². The van der Waals surface area contributed by atoms with Gasteiger partial charge < -0.3 is 4.90 Å². The van der Waals surface area contributed by atoms with E-state index in [1.54, 1.807) is 0 Å². The lowest BCUT2D eigenvalue weighted by molar-refractivity contribution is 1.06. The van der Waals surface area contributed by atoms with Gasteiger partial charge in [0.05, 0.1) is 0 Å². The summed E-state index contributed by atoms with van der Waals surface area (Å²) in [7, 11) is 4.05. The highest BCUT2D eigenvalue weighted by Gasteiger charge is 2.07. The van der Waals surface area contributed by atoms with Crippen LogP contribution >= 0.6 is 0 Å². The third-order valence-electron chi connectivity index (χ3n) is 2.76. The molecule has 1 heterocycles. The van der Waals surface area contributed by atoms with Crippen LogP contribution in [-0.2, 0) is 0 Å². The van der Waals surface area contributed by atoms with Crippen molar-refractivity contribution in [1.82, 2.24) is 4.98 Å². The van der Waals surface area contributed by atoms with Gasteiger partial charge in [-0.1, -0.05) is 18.2 Å². The number of fused-ring (bicyclic) bond motifs is 1. The van der Waals surface area contributed by atoms with Crippen molar-refractivity contribution in [2.45, 2.75) is 13.8 Å². The minimum absolute atomic E-state index is 1.05. The van der Waals surface area contributed by atoms with Crippen LogP contribution in [0.2, 0.25) is 0 Å². The molecular weight excluding hydrogens is 184 g/mol. The van der Waals surface area contributed by atoms with Crippen molar-refractivity contribution in [2.24, 2.45) is 0 Å². The van der Waals surface area contributed by atoms with E-state index >= 15 is 0 Å². The quantitative estimate of drug-likeness (QED) is 0.703. The van der Waals surface area contributed by atoms with Crippen LogP contribution in [0.4, 0.5) is 5.82 Å². The molecule has 2 rings (SSSR count). The summed E-state index contributed by atoms with van der Waals surface area (Å²) in [5.74, 6) is 1.05. The van der Waals surface area contributed by atoms with Crippen molar-refractivity contribution < 1.29 is 0 Å². The Kier molecular flexibility index (Phi) is 2.35. The standard InChI is InChI=1S/C13H16N2/c1-9-6-5-7-11-8-14-13(15(3)4)10(2)12(9)11/h5-8H,1-4H3. The van der Waals surface area contributed by atoms with Crippen LogP contribution in [0.5, 0.6) is 0 Å². The lowest BCUT2D eigenvalue weighted by atomic mass is 10.0. The van der Waals surface area contributed by atoms with Crippen molar-refractivity contribution in [1.29, 1.82) is 0 Å². The van der Waals surface area contributed by atoms with Crippen LogP contribution in [-0.4, -0.2) is 19.1 Å².